The number of fused-ring (bicyclic) bond motifs is 1. The molecular formula is C15H19N3O2S. The van der Waals surface area contributed by atoms with E-state index >= 15 is 0 Å². The lowest BCUT2D eigenvalue weighted by Gasteiger charge is -2.22. The largest absolute Gasteiger partial charge is 0.317 e. The topological polar surface area (TPSA) is 71.1 Å². The van der Waals surface area contributed by atoms with Crippen LogP contribution in [0.4, 0.5) is 5.69 Å². The second-order valence-electron chi connectivity index (χ2n) is 5.48. The SMILES string of the molecule is O=S(=O)(CC1CCNCC1)Nc1cccc2ccncc12. The number of anilines is 1. The molecule has 1 aromatic heterocycles. The van der Waals surface area contributed by atoms with E-state index in [1.54, 1.807) is 18.5 Å². The van der Waals surface area contributed by atoms with Crippen LogP contribution in [0, 0.1) is 5.92 Å². The van der Waals surface area contributed by atoms with Gasteiger partial charge in [-0.15, -0.1) is 0 Å². The highest BCUT2D eigenvalue weighted by Crippen LogP contribution is 2.24. The summed E-state index contributed by atoms with van der Waals surface area (Å²) in [5.74, 6) is 0.419. The van der Waals surface area contributed by atoms with Crippen LogP contribution in [0.5, 0.6) is 0 Å². The van der Waals surface area contributed by atoms with Gasteiger partial charge in [0, 0.05) is 17.8 Å². The number of piperidine rings is 1. The normalized spacial score (nSPS) is 17.0. The minimum absolute atomic E-state index is 0.186. The molecule has 2 heterocycles. The molecule has 1 aliphatic heterocycles. The maximum atomic E-state index is 12.4. The molecule has 21 heavy (non-hydrogen) atoms. The van der Waals surface area contributed by atoms with E-state index in [1.807, 2.05) is 18.2 Å². The predicted molar refractivity (Wildman–Crippen MR) is 84.7 cm³/mol. The molecule has 1 aliphatic rings. The van der Waals surface area contributed by atoms with Gasteiger partial charge in [0.15, 0.2) is 0 Å². The van der Waals surface area contributed by atoms with Crippen molar-refractivity contribution in [2.45, 2.75) is 12.8 Å². The van der Waals surface area contributed by atoms with Gasteiger partial charge >= 0.3 is 0 Å². The van der Waals surface area contributed by atoms with Crippen LogP contribution in [0.15, 0.2) is 36.7 Å². The Morgan fingerprint density at radius 2 is 2.05 bits per heavy atom. The minimum atomic E-state index is -3.33. The minimum Gasteiger partial charge on any atom is -0.317 e. The summed E-state index contributed by atoms with van der Waals surface area (Å²) in [7, 11) is -3.33. The van der Waals surface area contributed by atoms with Crippen LogP contribution in [0.1, 0.15) is 12.8 Å². The standard InChI is InChI=1S/C15H19N3O2S/c19-21(20,11-12-4-7-16-8-5-12)18-15-3-1-2-13-6-9-17-10-14(13)15/h1-3,6,9-10,12,16,18H,4-5,7-8,11H2. The van der Waals surface area contributed by atoms with E-state index in [4.69, 9.17) is 0 Å². The summed E-state index contributed by atoms with van der Waals surface area (Å²) in [6.07, 6.45) is 5.23. The summed E-state index contributed by atoms with van der Waals surface area (Å²) in [5, 5.41) is 5.06. The molecule has 1 aromatic carbocycles. The van der Waals surface area contributed by atoms with Crippen molar-refractivity contribution >= 4 is 26.5 Å². The van der Waals surface area contributed by atoms with E-state index in [2.05, 4.69) is 15.0 Å². The van der Waals surface area contributed by atoms with E-state index in [0.717, 1.165) is 36.7 Å². The second-order valence-corrected chi connectivity index (χ2v) is 7.25. The molecule has 1 fully saturated rings. The highest BCUT2D eigenvalue weighted by Gasteiger charge is 2.21. The maximum absolute atomic E-state index is 12.4. The first kappa shape index (κ1) is 14.3. The van der Waals surface area contributed by atoms with E-state index in [9.17, 15) is 8.42 Å². The maximum Gasteiger partial charge on any atom is 0.233 e. The van der Waals surface area contributed by atoms with Gasteiger partial charge < -0.3 is 5.32 Å². The Labute approximate surface area is 124 Å². The number of nitrogens with zero attached hydrogens (tertiary/aromatic N) is 1. The molecule has 3 rings (SSSR count). The zero-order valence-electron chi connectivity index (χ0n) is 11.7. The lowest BCUT2D eigenvalue weighted by atomic mass is 10.0. The lowest BCUT2D eigenvalue weighted by molar-refractivity contribution is 0.402. The molecule has 1 saturated heterocycles. The van der Waals surface area contributed by atoms with Crippen molar-refractivity contribution in [3.63, 3.8) is 0 Å². The third kappa shape index (κ3) is 3.51. The van der Waals surface area contributed by atoms with E-state index in [0.29, 0.717) is 5.69 Å². The highest BCUT2D eigenvalue weighted by molar-refractivity contribution is 7.92. The Morgan fingerprint density at radius 3 is 2.86 bits per heavy atom. The summed E-state index contributed by atoms with van der Waals surface area (Å²) >= 11 is 0. The zero-order chi connectivity index (χ0) is 14.7. The van der Waals surface area contributed by atoms with E-state index in [-0.39, 0.29) is 11.7 Å². The van der Waals surface area contributed by atoms with Gasteiger partial charge in [0.2, 0.25) is 10.0 Å². The molecule has 0 bridgehead atoms. The highest BCUT2D eigenvalue weighted by atomic mass is 32.2. The molecule has 0 spiro atoms. The van der Waals surface area contributed by atoms with Crippen LogP contribution in [0.25, 0.3) is 10.8 Å². The summed E-state index contributed by atoms with van der Waals surface area (Å²) < 4.78 is 27.4. The Bertz CT molecular complexity index is 719. The molecule has 0 atom stereocenters. The van der Waals surface area contributed by atoms with Crippen molar-refractivity contribution in [1.29, 1.82) is 0 Å². The third-order valence-corrected chi connectivity index (χ3v) is 5.30. The Kier molecular flexibility index (Phi) is 4.07. The van der Waals surface area contributed by atoms with E-state index < -0.39 is 10.0 Å². The van der Waals surface area contributed by atoms with Crippen molar-refractivity contribution in [1.82, 2.24) is 10.3 Å². The molecule has 0 aliphatic carbocycles. The number of rotatable bonds is 4. The molecule has 5 nitrogen and oxygen atoms in total. The van der Waals surface area contributed by atoms with Crippen molar-refractivity contribution in [3.05, 3.63) is 36.7 Å². The number of hydrogen-bond acceptors (Lipinski definition) is 4. The average molecular weight is 305 g/mol. The van der Waals surface area contributed by atoms with Gasteiger partial charge in [-0.1, -0.05) is 12.1 Å². The van der Waals surface area contributed by atoms with Crippen LogP contribution >= 0.6 is 0 Å². The van der Waals surface area contributed by atoms with Crippen LogP contribution in [0.2, 0.25) is 0 Å². The summed E-state index contributed by atoms with van der Waals surface area (Å²) in [5.41, 5.74) is 0.606. The number of aromatic nitrogens is 1. The van der Waals surface area contributed by atoms with Crippen molar-refractivity contribution in [3.8, 4) is 0 Å². The van der Waals surface area contributed by atoms with Gasteiger partial charge in [0.1, 0.15) is 0 Å². The molecule has 2 aromatic rings. The summed E-state index contributed by atoms with van der Waals surface area (Å²) in [4.78, 5) is 4.08. The number of nitrogens with one attached hydrogen (secondary N) is 2. The monoisotopic (exact) mass is 305 g/mol. The Morgan fingerprint density at radius 1 is 1.24 bits per heavy atom. The number of hydrogen-bond donors (Lipinski definition) is 2. The molecule has 0 radical (unpaired) electrons. The van der Waals surface area contributed by atoms with Crippen LogP contribution in [-0.2, 0) is 10.0 Å². The number of pyridine rings is 1. The van der Waals surface area contributed by atoms with Gasteiger partial charge in [-0.25, -0.2) is 8.42 Å². The van der Waals surface area contributed by atoms with Gasteiger partial charge in [0.05, 0.1) is 11.4 Å². The molecule has 112 valence electrons. The van der Waals surface area contributed by atoms with Crippen LogP contribution in [-0.4, -0.2) is 32.2 Å². The average Bonchev–Trinajstić information content (AvgIpc) is 2.48. The Balaban J connectivity index is 1.80. The van der Waals surface area contributed by atoms with Crippen LogP contribution in [0.3, 0.4) is 0 Å². The first-order valence-corrected chi connectivity index (χ1v) is 8.83. The second kappa shape index (κ2) is 5.99. The van der Waals surface area contributed by atoms with Crippen molar-refractivity contribution in [2.75, 3.05) is 23.6 Å². The zero-order valence-corrected chi connectivity index (χ0v) is 12.6. The molecule has 2 N–H and O–H groups in total. The predicted octanol–water partition coefficient (Wildman–Crippen LogP) is 1.98. The van der Waals surface area contributed by atoms with Gasteiger partial charge in [-0.05, 0) is 49.4 Å². The van der Waals surface area contributed by atoms with Crippen LogP contribution < -0.4 is 10.0 Å². The summed E-state index contributed by atoms with van der Waals surface area (Å²) in [6.45, 7) is 1.80. The van der Waals surface area contributed by atoms with Gasteiger partial charge in [-0.3, -0.25) is 9.71 Å². The Hall–Kier alpha value is -1.66. The smallest absolute Gasteiger partial charge is 0.233 e. The quantitative estimate of drug-likeness (QED) is 0.906. The fraction of sp³-hybridized carbons (Fsp3) is 0.400. The fourth-order valence-corrected chi connectivity index (χ4v) is 4.32. The van der Waals surface area contributed by atoms with E-state index in [1.165, 1.54) is 0 Å². The lowest BCUT2D eigenvalue weighted by Crippen LogP contribution is -2.33. The van der Waals surface area contributed by atoms with Crippen molar-refractivity contribution in [2.24, 2.45) is 5.92 Å². The van der Waals surface area contributed by atoms with Gasteiger partial charge in [0.25, 0.3) is 0 Å². The molecule has 0 unspecified atom stereocenters. The molecular weight excluding hydrogens is 286 g/mol. The van der Waals surface area contributed by atoms with Gasteiger partial charge in [-0.2, -0.15) is 0 Å². The third-order valence-electron chi connectivity index (χ3n) is 3.86. The van der Waals surface area contributed by atoms with Crippen molar-refractivity contribution < 1.29 is 8.42 Å². The first-order valence-electron chi connectivity index (χ1n) is 7.18. The molecule has 6 heteroatoms. The number of sulfonamides is 1. The number of benzene rings is 1. The fourth-order valence-electron chi connectivity index (χ4n) is 2.77. The molecule has 0 amide bonds. The summed E-state index contributed by atoms with van der Waals surface area (Å²) in [6, 6.07) is 7.45. The molecule has 0 saturated carbocycles. The first-order chi connectivity index (χ1) is 10.1.